The van der Waals surface area contributed by atoms with E-state index in [0.717, 1.165) is 39.4 Å². The van der Waals surface area contributed by atoms with Gasteiger partial charge >= 0.3 is 0 Å². The summed E-state index contributed by atoms with van der Waals surface area (Å²) in [7, 11) is 0.883. The van der Waals surface area contributed by atoms with Gasteiger partial charge in [-0.05, 0) is 146 Å². The molecule has 4 aliphatic carbocycles. The van der Waals surface area contributed by atoms with Gasteiger partial charge in [0.25, 0.3) is 0 Å². The van der Waals surface area contributed by atoms with Crippen molar-refractivity contribution < 1.29 is 0 Å². The lowest BCUT2D eigenvalue weighted by atomic mass is 9.50. The summed E-state index contributed by atoms with van der Waals surface area (Å²) in [5, 5.41) is 3.94. The third-order valence-corrected chi connectivity index (χ3v) is 17.3. The van der Waals surface area contributed by atoms with Crippen LogP contribution >= 0.6 is 0 Å². The van der Waals surface area contributed by atoms with Crippen LogP contribution in [0.1, 0.15) is 167 Å². The zero-order valence-corrected chi connectivity index (χ0v) is 41.9. The van der Waals surface area contributed by atoms with Crippen molar-refractivity contribution in [2.45, 2.75) is 151 Å². The molecule has 0 amide bonds. The van der Waals surface area contributed by atoms with E-state index < -0.39 is 0 Å². The molecule has 0 atom stereocenters. The van der Waals surface area contributed by atoms with E-state index in [9.17, 15) is 0 Å². The number of rotatable bonds is 6. The van der Waals surface area contributed by atoms with Crippen molar-refractivity contribution in [1.82, 2.24) is 9.88 Å². The number of nitrogens with one attached hydrogen (secondary N) is 1. The minimum atomic E-state index is -0.262. The molecular weight excluding hydrogens is 784 g/mol. The number of aromatic nitrogens is 1. The average Bonchev–Trinajstić information content (AvgIpc) is 3.72. The van der Waals surface area contributed by atoms with E-state index in [2.05, 4.69) is 197 Å². The lowest BCUT2D eigenvalue weighted by molar-refractivity contribution is 0.257. The molecule has 5 aliphatic rings. The Morgan fingerprint density at radius 1 is 0.815 bits per heavy atom. The van der Waals surface area contributed by atoms with Crippen molar-refractivity contribution in [3.63, 3.8) is 0 Å². The third-order valence-electron chi connectivity index (χ3n) is 17.3. The Labute approximate surface area is 391 Å². The van der Waals surface area contributed by atoms with Crippen LogP contribution in [0.15, 0.2) is 131 Å². The number of allylic oxidation sites excluding steroid dienone is 8. The Hall–Kier alpha value is -5.24. The Balaban J connectivity index is 1.33. The maximum atomic E-state index is 4.41. The van der Waals surface area contributed by atoms with Crippen LogP contribution in [0.3, 0.4) is 0 Å². The SMILES string of the molecule is C=C=C1/C(=C\N2C3=C(C)C(C)(C)c4ccccc4C(C4=CCCc5c4[nH]c4cc6ccccc6cc54)=C3BC3=C2c2cc(CC)c(C(C)(C)CCC)cc2C3(C)C)C(C)(C)CCC1(C)C. The van der Waals surface area contributed by atoms with E-state index in [1.54, 1.807) is 0 Å². The molecular formula is C62H71BN2. The largest absolute Gasteiger partial charge is 0.354 e. The number of H-pyrrole nitrogens is 1. The minimum absolute atomic E-state index is 0.0337. The summed E-state index contributed by atoms with van der Waals surface area (Å²) < 4.78 is 0. The molecule has 332 valence electrons. The van der Waals surface area contributed by atoms with Gasteiger partial charge in [-0.1, -0.05) is 162 Å². The minimum Gasteiger partial charge on any atom is -0.354 e. The number of hydrogen-bond donors (Lipinski definition) is 1. The van der Waals surface area contributed by atoms with Crippen molar-refractivity contribution >= 4 is 45.8 Å². The van der Waals surface area contributed by atoms with Crippen molar-refractivity contribution in [2.24, 2.45) is 10.8 Å². The maximum absolute atomic E-state index is 4.41. The molecule has 1 saturated carbocycles. The highest BCUT2D eigenvalue weighted by Crippen LogP contribution is 2.60. The van der Waals surface area contributed by atoms with E-state index >= 15 is 0 Å². The second-order valence-electron chi connectivity index (χ2n) is 23.3. The number of fused-ring (bicyclic) bond motifs is 8. The Kier molecular flexibility index (Phi) is 10.00. The summed E-state index contributed by atoms with van der Waals surface area (Å²) >= 11 is 0. The van der Waals surface area contributed by atoms with Crippen molar-refractivity contribution in [3.05, 3.63) is 175 Å². The summed E-state index contributed by atoms with van der Waals surface area (Å²) in [5.74, 6) is 0. The number of benzene rings is 4. The van der Waals surface area contributed by atoms with Gasteiger partial charge in [-0.15, -0.1) is 5.73 Å². The van der Waals surface area contributed by atoms with Gasteiger partial charge in [-0.3, -0.25) is 0 Å². The van der Waals surface area contributed by atoms with Crippen LogP contribution in [-0.2, 0) is 29.1 Å². The van der Waals surface area contributed by atoms with Gasteiger partial charge in [0.1, 0.15) is 0 Å². The first-order valence-electron chi connectivity index (χ1n) is 24.9. The Morgan fingerprint density at radius 2 is 1.51 bits per heavy atom. The molecule has 0 radical (unpaired) electrons. The first-order chi connectivity index (χ1) is 30.8. The molecule has 2 nitrogen and oxygen atoms in total. The topological polar surface area (TPSA) is 19.0 Å². The van der Waals surface area contributed by atoms with Crippen LogP contribution in [0.2, 0.25) is 0 Å². The highest BCUT2D eigenvalue weighted by atomic mass is 15.2. The second kappa shape index (κ2) is 14.9. The van der Waals surface area contributed by atoms with Crippen LogP contribution in [0.5, 0.6) is 0 Å². The van der Waals surface area contributed by atoms with Gasteiger partial charge in [-0.2, -0.15) is 0 Å². The molecule has 0 spiro atoms. The van der Waals surface area contributed by atoms with Gasteiger partial charge in [0.05, 0.1) is 0 Å². The van der Waals surface area contributed by atoms with Crippen molar-refractivity contribution in [1.29, 1.82) is 0 Å². The van der Waals surface area contributed by atoms with Crippen molar-refractivity contribution in [2.75, 3.05) is 0 Å². The smallest absolute Gasteiger partial charge is 0.194 e. The Bertz CT molecular complexity index is 3090. The predicted molar refractivity (Wildman–Crippen MR) is 281 cm³/mol. The first kappa shape index (κ1) is 43.6. The van der Waals surface area contributed by atoms with Crippen LogP contribution in [0, 0.1) is 10.8 Å². The molecule has 0 bridgehead atoms. The summed E-state index contributed by atoms with van der Waals surface area (Å²) in [6, 6.07) is 28.3. The fourth-order valence-electron chi connectivity index (χ4n) is 13.1. The second-order valence-corrected chi connectivity index (χ2v) is 23.3. The zero-order chi connectivity index (χ0) is 46.2. The normalized spacial score (nSPS) is 21.1. The van der Waals surface area contributed by atoms with E-state index in [1.807, 2.05) is 0 Å². The fraction of sp³-hybridized carbons (Fsp3) is 0.403. The zero-order valence-electron chi connectivity index (χ0n) is 41.9. The highest BCUT2D eigenvalue weighted by molar-refractivity contribution is 6.61. The van der Waals surface area contributed by atoms with Gasteiger partial charge in [0, 0.05) is 61.7 Å². The highest BCUT2D eigenvalue weighted by Gasteiger charge is 2.50. The molecule has 1 fully saturated rings. The monoisotopic (exact) mass is 855 g/mol. The number of aryl methyl sites for hydroxylation is 2. The van der Waals surface area contributed by atoms with Crippen LogP contribution < -0.4 is 0 Å². The van der Waals surface area contributed by atoms with Gasteiger partial charge in [0.15, 0.2) is 7.28 Å². The summed E-state index contributed by atoms with van der Waals surface area (Å²) in [4.78, 5) is 6.84. The van der Waals surface area contributed by atoms with Crippen molar-refractivity contribution in [3.8, 4) is 0 Å². The first-order valence-corrected chi connectivity index (χ1v) is 24.9. The average molecular weight is 855 g/mol. The lowest BCUT2D eigenvalue weighted by Crippen LogP contribution is -2.36. The van der Waals surface area contributed by atoms with E-state index in [0.29, 0.717) is 0 Å². The van der Waals surface area contributed by atoms with Crippen LogP contribution in [0.4, 0.5) is 0 Å². The molecule has 5 aromatic rings. The summed E-state index contributed by atoms with van der Waals surface area (Å²) in [5.41, 5.74) is 28.2. The van der Waals surface area contributed by atoms with Crippen LogP contribution in [-0.4, -0.2) is 17.2 Å². The molecule has 2 heterocycles. The van der Waals surface area contributed by atoms with E-state index in [4.69, 9.17) is 0 Å². The lowest BCUT2D eigenvalue weighted by Gasteiger charge is -2.45. The third kappa shape index (κ3) is 6.42. The van der Waals surface area contributed by atoms with E-state index in [-0.39, 0.29) is 27.1 Å². The molecule has 10 rings (SSSR count). The molecule has 1 aliphatic heterocycles. The Morgan fingerprint density at radius 3 is 2.22 bits per heavy atom. The van der Waals surface area contributed by atoms with E-state index in [1.165, 1.54) is 129 Å². The molecule has 1 N–H and O–H groups in total. The fourth-order valence-corrected chi connectivity index (χ4v) is 13.1. The summed E-state index contributed by atoms with van der Waals surface area (Å²) in [6.07, 6.45) is 12.8. The molecule has 3 heteroatoms. The van der Waals surface area contributed by atoms with Crippen LogP contribution in [0.25, 0.3) is 38.5 Å². The molecule has 4 aromatic carbocycles. The number of hydrogen-bond acceptors (Lipinski definition) is 1. The predicted octanol–water partition coefficient (Wildman–Crippen LogP) is 16.1. The standard InChI is InChI=1S/C62H71BN2/c1-15-29-58(5,6)48-35-49-45(32-38(48)16-2)56-57(62(49,13)14)63-53-52(43-27-22-26-41-44-33-39-23-18-19-24-40(39)34-51(44)64-54(41)43)42-25-20-21-28-47(42)61(11,12)37(4)55(53)65(56)36-50-46(17-3)59(7,8)30-31-60(50,9)10/h18-21,23-25,27-28,32-36,63-64H,3,15-16,22,26,29-31H2,1-2,4-14H3/b50-36+. The number of aromatic amines is 1. The van der Waals surface area contributed by atoms with Gasteiger partial charge < -0.3 is 9.88 Å². The number of nitrogens with zero attached hydrogens (tertiary/aromatic N) is 1. The summed E-state index contributed by atoms with van der Waals surface area (Å²) in [6.45, 7) is 36.2. The maximum Gasteiger partial charge on any atom is 0.194 e. The van der Waals surface area contributed by atoms with Gasteiger partial charge in [0.2, 0.25) is 0 Å². The quantitative estimate of drug-likeness (QED) is 0.133. The molecule has 1 aromatic heterocycles. The molecule has 0 unspecified atom stereocenters. The van der Waals surface area contributed by atoms with Gasteiger partial charge in [-0.25, -0.2) is 0 Å². The molecule has 0 saturated heterocycles. The molecule has 65 heavy (non-hydrogen) atoms.